The average Bonchev–Trinajstić information content (AvgIpc) is 2.44. The molecular formula is C15H12ClFN2OS. The van der Waals surface area contributed by atoms with Crippen LogP contribution in [-0.2, 0) is 4.79 Å². The molecule has 0 heterocycles. The zero-order valence-corrected chi connectivity index (χ0v) is 12.4. The van der Waals surface area contributed by atoms with Crippen LogP contribution in [0.3, 0.4) is 0 Å². The number of rotatable bonds is 4. The molecule has 0 spiro atoms. The second-order valence-electron chi connectivity index (χ2n) is 4.36. The first-order chi connectivity index (χ1) is 9.99. The van der Waals surface area contributed by atoms with Crippen molar-refractivity contribution in [3.05, 3.63) is 64.9 Å². The van der Waals surface area contributed by atoms with Gasteiger partial charge in [-0.2, -0.15) is 0 Å². The fourth-order valence-electron chi connectivity index (χ4n) is 1.89. The molecule has 0 aliphatic rings. The van der Waals surface area contributed by atoms with Crippen LogP contribution >= 0.6 is 23.8 Å². The number of thiocarbonyl (C=S) groups is 1. The van der Waals surface area contributed by atoms with Crippen LogP contribution in [0.15, 0.2) is 48.5 Å². The van der Waals surface area contributed by atoms with Gasteiger partial charge < -0.3 is 11.1 Å². The van der Waals surface area contributed by atoms with Crippen molar-refractivity contribution in [3.8, 4) is 0 Å². The molecule has 108 valence electrons. The number of amides is 1. The molecule has 0 bridgehead atoms. The number of nitrogens with two attached hydrogens (primary N) is 1. The molecule has 1 atom stereocenters. The van der Waals surface area contributed by atoms with E-state index >= 15 is 0 Å². The number of halogens is 2. The third-order valence-corrected chi connectivity index (χ3v) is 3.34. The molecule has 0 aliphatic carbocycles. The molecule has 1 amide bonds. The minimum absolute atomic E-state index is 0.00955. The number of benzene rings is 2. The van der Waals surface area contributed by atoms with Gasteiger partial charge in [-0.15, -0.1) is 0 Å². The Kier molecular flexibility index (Phi) is 4.88. The summed E-state index contributed by atoms with van der Waals surface area (Å²) in [6.07, 6.45) is 0. The lowest BCUT2D eigenvalue weighted by atomic mass is 9.98. The largest absolute Gasteiger partial charge is 0.392 e. The Labute approximate surface area is 131 Å². The number of carbonyl (C=O) groups is 1. The van der Waals surface area contributed by atoms with E-state index < -0.39 is 17.6 Å². The van der Waals surface area contributed by atoms with Crippen molar-refractivity contribution in [2.45, 2.75) is 5.92 Å². The number of hydrogen-bond acceptors (Lipinski definition) is 2. The highest BCUT2D eigenvalue weighted by Gasteiger charge is 2.24. The minimum atomic E-state index is -0.834. The highest BCUT2D eigenvalue weighted by molar-refractivity contribution is 7.80. The number of anilines is 1. The lowest BCUT2D eigenvalue weighted by Crippen LogP contribution is -2.31. The Hall–Kier alpha value is -1.98. The highest BCUT2D eigenvalue weighted by atomic mass is 35.5. The Balaban J connectivity index is 2.28. The molecule has 6 heteroatoms. The Morgan fingerprint density at radius 2 is 1.90 bits per heavy atom. The van der Waals surface area contributed by atoms with Crippen LogP contribution < -0.4 is 11.1 Å². The first-order valence-electron chi connectivity index (χ1n) is 6.09. The molecule has 2 aromatic rings. The molecule has 3 nitrogen and oxygen atoms in total. The number of carbonyl (C=O) groups excluding carboxylic acids is 1. The van der Waals surface area contributed by atoms with Crippen LogP contribution in [0.4, 0.5) is 10.1 Å². The van der Waals surface area contributed by atoms with Crippen molar-refractivity contribution in [1.82, 2.24) is 0 Å². The molecule has 0 fully saturated rings. The van der Waals surface area contributed by atoms with Crippen molar-refractivity contribution in [1.29, 1.82) is 0 Å². The third-order valence-electron chi connectivity index (χ3n) is 2.87. The number of hydrogen-bond donors (Lipinski definition) is 2. The highest BCUT2D eigenvalue weighted by Crippen LogP contribution is 2.23. The van der Waals surface area contributed by atoms with E-state index in [2.05, 4.69) is 5.32 Å². The predicted octanol–water partition coefficient (Wildman–Crippen LogP) is 3.49. The maximum Gasteiger partial charge on any atom is 0.238 e. The zero-order chi connectivity index (χ0) is 15.4. The van der Waals surface area contributed by atoms with E-state index in [9.17, 15) is 9.18 Å². The van der Waals surface area contributed by atoms with E-state index in [1.807, 2.05) is 6.07 Å². The Morgan fingerprint density at radius 3 is 2.52 bits per heavy atom. The summed E-state index contributed by atoms with van der Waals surface area (Å²) in [4.78, 5) is 12.3. The molecule has 3 N–H and O–H groups in total. The second kappa shape index (κ2) is 6.65. The fourth-order valence-corrected chi connectivity index (χ4v) is 2.30. The molecule has 0 aromatic heterocycles. The summed E-state index contributed by atoms with van der Waals surface area (Å²) in [6.45, 7) is 0. The van der Waals surface area contributed by atoms with Crippen molar-refractivity contribution in [2.75, 3.05) is 5.32 Å². The van der Waals surface area contributed by atoms with Crippen molar-refractivity contribution < 1.29 is 9.18 Å². The average molecular weight is 323 g/mol. The SMILES string of the molecule is NC(=S)C(C(=O)Nc1cc(Cl)ccc1F)c1ccccc1. The summed E-state index contributed by atoms with van der Waals surface area (Å²) in [7, 11) is 0. The van der Waals surface area contributed by atoms with Crippen molar-refractivity contribution in [2.24, 2.45) is 5.73 Å². The Morgan fingerprint density at radius 1 is 1.24 bits per heavy atom. The summed E-state index contributed by atoms with van der Waals surface area (Å²) in [5, 5.41) is 2.78. The fraction of sp³-hybridized carbons (Fsp3) is 0.0667. The van der Waals surface area contributed by atoms with Crippen LogP contribution in [0.5, 0.6) is 0 Å². The second-order valence-corrected chi connectivity index (χ2v) is 5.27. The minimum Gasteiger partial charge on any atom is -0.392 e. The van der Waals surface area contributed by atoms with E-state index in [4.69, 9.17) is 29.6 Å². The molecule has 21 heavy (non-hydrogen) atoms. The van der Waals surface area contributed by atoms with Gasteiger partial charge in [0.1, 0.15) is 11.7 Å². The summed E-state index contributed by atoms with van der Waals surface area (Å²) < 4.78 is 13.7. The first-order valence-corrected chi connectivity index (χ1v) is 6.88. The van der Waals surface area contributed by atoms with Gasteiger partial charge >= 0.3 is 0 Å². The van der Waals surface area contributed by atoms with Gasteiger partial charge in [-0.3, -0.25) is 4.79 Å². The van der Waals surface area contributed by atoms with Crippen LogP contribution in [0, 0.1) is 5.82 Å². The van der Waals surface area contributed by atoms with E-state index in [0.717, 1.165) is 0 Å². The van der Waals surface area contributed by atoms with Gasteiger partial charge in [-0.05, 0) is 23.8 Å². The molecule has 1 unspecified atom stereocenters. The molecule has 0 radical (unpaired) electrons. The lowest BCUT2D eigenvalue weighted by molar-refractivity contribution is -0.116. The van der Waals surface area contributed by atoms with Crippen LogP contribution in [-0.4, -0.2) is 10.9 Å². The quantitative estimate of drug-likeness (QED) is 0.847. The van der Waals surface area contributed by atoms with Crippen LogP contribution in [0.25, 0.3) is 0 Å². The van der Waals surface area contributed by atoms with Gasteiger partial charge in [0.15, 0.2) is 0 Å². The maximum absolute atomic E-state index is 13.7. The zero-order valence-electron chi connectivity index (χ0n) is 10.8. The molecule has 2 rings (SSSR count). The number of nitrogens with one attached hydrogen (secondary N) is 1. The summed E-state index contributed by atoms with van der Waals surface area (Å²) in [5.74, 6) is -1.92. The van der Waals surface area contributed by atoms with Gasteiger partial charge in [0, 0.05) is 5.02 Å². The Bertz CT molecular complexity index is 679. The summed E-state index contributed by atoms with van der Waals surface area (Å²) in [6, 6.07) is 12.7. The molecule has 2 aromatic carbocycles. The van der Waals surface area contributed by atoms with E-state index in [1.54, 1.807) is 24.3 Å². The standard InChI is InChI=1S/C15H12ClFN2OS/c16-10-6-7-11(17)12(8-10)19-15(20)13(14(18)21)9-4-2-1-3-5-9/h1-8,13H,(H2,18,21)(H,19,20). The topological polar surface area (TPSA) is 55.1 Å². The van der Waals surface area contributed by atoms with Crippen LogP contribution in [0.2, 0.25) is 5.02 Å². The molecule has 0 saturated carbocycles. The van der Waals surface area contributed by atoms with Gasteiger partial charge in [-0.25, -0.2) is 4.39 Å². The smallest absolute Gasteiger partial charge is 0.238 e. The summed E-state index contributed by atoms with van der Waals surface area (Å²) in [5.41, 5.74) is 6.28. The maximum atomic E-state index is 13.7. The third kappa shape index (κ3) is 3.77. The van der Waals surface area contributed by atoms with E-state index in [0.29, 0.717) is 10.6 Å². The lowest BCUT2D eigenvalue weighted by Gasteiger charge is -2.16. The van der Waals surface area contributed by atoms with Crippen LogP contribution in [0.1, 0.15) is 11.5 Å². The molecular weight excluding hydrogens is 311 g/mol. The van der Waals surface area contributed by atoms with Crippen molar-refractivity contribution >= 4 is 40.4 Å². The van der Waals surface area contributed by atoms with Crippen molar-refractivity contribution in [3.63, 3.8) is 0 Å². The normalized spacial score (nSPS) is 11.7. The van der Waals surface area contributed by atoms with E-state index in [1.165, 1.54) is 18.2 Å². The van der Waals surface area contributed by atoms with E-state index in [-0.39, 0.29) is 10.7 Å². The first kappa shape index (κ1) is 15.4. The van der Waals surface area contributed by atoms with Gasteiger partial charge in [0.2, 0.25) is 5.91 Å². The summed E-state index contributed by atoms with van der Waals surface area (Å²) >= 11 is 10.7. The van der Waals surface area contributed by atoms with Gasteiger partial charge in [-0.1, -0.05) is 54.2 Å². The van der Waals surface area contributed by atoms with Gasteiger partial charge in [0.25, 0.3) is 0 Å². The molecule has 0 saturated heterocycles. The molecule has 0 aliphatic heterocycles. The predicted molar refractivity (Wildman–Crippen MR) is 86.0 cm³/mol. The monoisotopic (exact) mass is 322 g/mol. The van der Waals surface area contributed by atoms with Gasteiger partial charge in [0.05, 0.1) is 10.7 Å².